The monoisotopic (exact) mass is 1610 g/mol. The van der Waals surface area contributed by atoms with E-state index in [0.717, 1.165) is 6.92 Å². The van der Waals surface area contributed by atoms with Crippen molar-refractivity contribution in [2.24, 2.45) is 57.5 Å². The molecule has 1 heterocycles. The predicted octanol–water partition coefficient (Wildman–Crippen LogP) is -2.30. The van der Waals surface area contributed by atoms with Gasteiger partial charge in [-0.2, -0.15) is 26.3 Å². The Morgan fingerprint density at radius 2 is 1.08 bits per heavy atom. The molecule has 0 spiro atoms. The van der Waals surface area contributed by atoms with Gasteiger partial charge < -0.3 is 111 Å². The number of hydrogen-bond donors (Lipinski definition) is 19. The Morgan fingerprint density at radius 1 is 0.598 bits per heavy atom. The number of nitrogens with zero attached hydrogens (tertiary/aromatic N) is 1. The van der Waals surface area contributed by atoms with Gasteiger partial charge in [-0.1, -0.05) is 124 Å². The zero-order valence-electron chi connectivity index (χ0n) is 63.3. The number of benzene rings is 2. The molecular formula is C69H103F6N15O22. The maximum atomic E-state index is 15.6. The molecule has 11 amide bonds. The number of nitrogens with two attached hydrogens (primary N) is 4. The van der Waals surface area contributed by atoms with Gasteiger partial charge in [-0.25, -0.2) is 19.2 Å². The molecule has 2 aromatic carbocycles. The van der Waals surface area contributed by atoms with Crippen molar-refractivity contribution in [2.45, 2.75) is 212 Å². The fourth-order valence-corrected chi connectivity index (χ4v) is 10.1. The third kappa shape index (κ3) is 35.5. The van der Waals surface area contributed by atoms with Gasteiger partial charge in [0.15, 0.2) is 24.2 Å². The number of carbonyl (C=O) groups is 15. The second kappa shape index (κ2) is 47.4. The van der Waals surface area contributed by atoms with Crippen LogP contribution in [0.15, 0.2) is 65.7 Å². The van der Waals surface area contributed by atoms with Crippen LogP contribution in [0.4, 0.5) is 26.3 Å². The van der Waals surface area contributed by atoms with Crippen LogP contribution in [-0.4, -0.2) is 231 Å². The quantitative estimate of drug-likeness (QED) is 0.0163. The van der Waals surface area contributed by atoms with Crippen molar-refractivity contribution < 1.29 is 133 Å². The minimum absolute atomic E-state index is 0.0345. The summed E-state index contributed by atoms with van der Waals surface area (Å²) in [6.07, 6.45) is -18.5. The summed E-state index contributed by atoms with van der Waals surface area (Å²) in [6.45, 7) is 15.4. The molecule has 1 fully saturated rings. The standard InChI is InChI=1S/C65H101N15O18.2C2HF3O2/c1-12-35(10)45-59(91)78-46(36(11)81)58(90)71-29-44(82)76-48(51(84)53(67)85)61(93)75-43(30-97-63(95)38-22-17-14-18-23-38)64(96)98-52(37-20-15-13-16-21-37)49(80-57(89)42(28-33(6)7)73-54(86)39(66)26-31(2)3)62(94)79-47(50(83)34(8)9)60(92)74-41(27-32(4)5)56(88)72-40(55(87)77-45)24-19-25-70-65(68)69;2*3-2(4,5)1(6)7/h13-18,20-23,31-36,39-43,45-52,81,83-84H,12,19,24-30,66H2,1-11H3,(H2,67,85)(H,71,90)(H,72,88)(H,73,86)(H,74,92)(H,75,93)(H,76,82)(H,77,87)(H,78,91)(H,79,94)(H,80,89)(H4,68,69,70);2*(H,6,7)/t35-,36-,39+,40+,41-,42-,43-,45-,46-,47-,48-,49-,50+,51-,52+;;/m0../s1. The van der Waals surface area contributed by atoms with E-state index in [2.05, 4.69) is 52.8 Å². The van der Waals surface area contributed by atoms with Crippen molar-refractivity contribution in [3.63, 3.8) is 0 Å². The van der Waals surface area contributed by atoms with Crippen LogP contribution in [0.2, 0.25) is 0 Å². The molecular weight excluding hydrogens is 1500 g/mol. The average Bonchev–Trinajstić information content (AvgIpc) is 0.816. The minimum atomic E-state index is -5.08. The molecule has 0 radical (unpaired) electrons. The molecule has 2 aromatic rings. The molecule has 112 heavy (non-hydrogen) atoms. The lowest BCUT2D eigenvalue weighted by molar-refractivity contribution is -0.193. The number of nitrogens with one attached hydrogen (secondary N) is 10. The number of carboxylic acid groups (broad SMARTS) is 2. The van der Waals surface area contributed by atoms with Gasteiger partial charge in [0.2, 0.25) is 65.0 Å². The third-order valence-corrected chi connectivity index (χ3v) is 16.1. The number of cyclic esters (lactones) is 1. The minimum Gasteiger partial charge on any atom is -0.475 e. The Bertz CT molecular complexity index is 3510. The Labute approximate surface area is 640 Å². The lowest BCUT2D eigenvalue weighted by Gasteiger charge is -2.34. The van der Waals surface area contributed by atoms with Crippen LogP contribution in [0.25, 0.3) is 0 Å². The first-order chi connectivity index (χ1) is 51.9. The van der Waals surface area contributed by atoms with Crippen molar-refractivity contribution in [1.29, 1.82) is 0 Å². The fraction of sp³-hybridized carbons (Fsp3) is 0.594. The number of ether oxygens (including phenoxy) is 2. The first kappa shape index (κ1) is 99.2. The van der Waals surface area contributed by atoms with Crippen LogP contribution in [0.5, 0.6) is 0 Å². The highest BCUT2D eigenvalue weighted by atomic mass is 19.4. The highest BCUT2D eigenvalue weighted by Crippen LogP contribution is 2.26. The molecule has 3 rings (SSSR count). The molecule has 628 valence electrons. The summed E-state index contributed by atoms with van der Waals surface area (Å²) < 4.78 is 75.1. The van der Waals surface area contributed by atoms with Gasteiger partial charge in [0.25, 0.3) is 0 Å². The van der Waals surface area contributed by atoms with E-state index in [9.17, 15) is 84.8 Å². The summed E-state index contributed by atoms with van der Waals surface area (Å²) >= 11 is 0. The lowest BCUT2D eigenvalue weighted by Crippen LogP contribution is -2.64. The third-order valence-electron chi connectivity index (χ3n) is 16.1. The number of aliphatic hydroxyl groups excluding tert-OH is 3. The molecule has 0 aliphatic carbocycles. The number of rotatable bonds is 25. The molecule has 0 bridgehead atoms. The summed E-state index contributed by atoms with van der Waals surface area (Å²) in [5.41, 5.74) is 22.7. The van der Waals surface area contributed by atoms with Crippen LogP contribution in [0.1, 0.15) is 137 Å². The van der Waals surface area contributed by atoms with E-state index in [4.69, 9.17) is 52.2 Å². The van der Waals surface area contributed by atoms with E-state index in [-0.39, 0.29) is 74.0 Å². The normalized spacial score (nSPS) is 22.0. The largest absolute Gasteiger partial charge is 0.490 e. The van der Waals surface area contributed by atoms with Gasteiger partial charge in [-0.3, -0.25) is 57.7 Å². The molecule has 0 aromatic heterocycles. The average molecular weight is 1610 g/mol. The Morgan fingerprint density at radius 3 is 1.56 bits per heavy atom. The van der Waals surface area contributed by atoms with Gasteiger partial charge in [-0.15, -0.1) is 0 Å². The highest BCUT2D eigenvalue weighted by Gasteiger charge is 2.45. The number of carbonyl (C=O) groups excluding carboxylic acids is 13. The van der Waals surface area contributed by atoms with Gasteiger partial charge in [0, 0.05) is 6.54 Å². The molecule has 23 N–H and O–H groups in total. The highest BCUT2D eigenvalue weighted by molar-refractivity contribution is 6.00. The number of aliphatic hydroxyl groups is 3. The van der Waals surface area contributed by atoms with Gasteiger partial charge in [-0.05, 0) is 86.3 Å². The lowest BCUT2D eigenvalue weighted by atomic mass is 9.95. The van der Waals surface area contributed by atoms with Gasteiger partial charge >= 0.3 is 36.2 Å². The first-order valence-corrected chi connectivity index (χ1v) is 35.1. The van der Waals surface area contributed by atoms with Gasteiger partial charge in [0.1, 0.15) is 54.9 Å². The molecule has 0 saturated carbocycles. The van der Waals surface area contributed by atoms with Gasteiger partial charge in [0.05, 0.1) is 30.4 Å². The SMILES string of the molecule is CC[C@H](C)[C@@H]1NC(=O)[C@@H](CCCN=C(N)N)NC(=O)[C@H](CC(C)C)NC(=O)[C@H]([C@H](O)C(C)C)NC(=O)[C@@H](NC(=O)[C@H](CC(C)C)NC(=O)[C@H](N)CC(C)C)[C@@H](c2ccccc2)OC(=O)[C@H](COC(=O)c2ccccc2)NC(=O)[C@H]([C@H](O)C(N)=O)NC(=O)CNC(=O)[C@H]([C@H](C)O)NC1=O.O=C(O)C(F)(F)F.O=C(O)C(F)(F)F. The molecule has 15 atom stereocenters. The molecule has 1 aliphatic rings. The van der Waals surface area contributed by atoms with Crippen LogP contribution in [0, 0.1) is 29.6 Å². The van der Waals surface area contributed by atoms with E-state index in [0.29, 0.717) is 0 Å². The van der Waals surface area contributed by atoms with E-state index in [1.54, 1.807) is 47.6 Å². The van der Waals surface area contributed by atoms with Crippen LogP contribution in [-0.2, 0) is 76.6 Å². The summed E-state index contributed by atoms with van der Waals surface area (Å²) in [4.78, 5) is 208. The van der Waals surface area contributed by atoms with Crippen molar-refractivity contribution in [3.8, 4) is 0 Å². The number of halogens is 6. The zero-order valence-corrected chi connectivity index (χ0v) is 63.3. The number of carboxylic acids is 2. The molecule has 37 nitrogen and oxygen atoms in total. The van der Waals surface area contributed by atoms with Crippen molar-refractivity contribution in [2.75, 3.05) is 19.7 Å². The van der Waals surface area contributed by atoms with Crippen molar-refractivity contribution in [1.82, 2.24) is 53.2 Å². The van der Waals surface area contributed by atoms with Crippen LogP contribution < -0.4 is 76.1 Å². The summed E-state index contributed by atoms with van der Waals surface area (Å²) in [5, 5.41) is 72.5. The fourth-order valence-electron chi connectivity index (χ4n) is 10.1. The zero-order chi connectivity index (χ0) is 86.0. The molecule has 43 heteroatoms. The topological polar surface area (TPSA) is 612 Å². The predicted molar refractivity (Wildman–Crippen MR) is 383 cm³/mol. The number of guanidine groups is 1. The van der Waals surface area contributed by atoms with E-state index in [1.807, 2.05) is 19.2 Å². The van der Waals surface area contributed by atoms with Crippen molar-refractivity contribution in [3.05, 3.63) is 71.8 Å². The van der Waals surface area contributed by atoms with Crippen LogP contribution >= 0.6 is 0 Å². The van der Waals surface area contributed by atoms with Crippen LogP contribution in [0.3, 0.4) is 0 Å². The second-order valence-electron chi connectivity index (χ2n) is 27.4. The maximum Gasteiger partial charge on any atom is 0.490 e. The maximum absolute atomic E-state index is 15.6. The Balaban J connectivity index is 0.00000406. The van der Waals surface area contributed by atoms with Crippen molar-refractivity contribution >= 4 is 94.8 Å². The van der Waals surface area contributed by atoms with E-state index in [1.165, 1.54) is 68.4 Å². The molecule has 1 aliphatic heterocycles. The summed E-state index contributed by atoms with van der Waals surface area (Å²) in [7, 11) is 0. The number of primary amides is 1. The smallest absolute Gasteiger partial charge is 0.475 e. The summed E-state index contributed by atoms with van der Waals surface area (Å²) in [6, 6.07) is -3.93. The Kier molecular flexibility index (Phi) is 42.0. The number of aliphatic imine (C=N–C) groups is 1. The van der Waals surface area contributed by atoms with E-state index < -0.39 is 217 Å². The molecule has 0 unspecified atom stereocenters. The number of aliphatic carboxylic acids is 2. The Hall–Kier alpha value is -10.8. The number of esters is 2. The number of amides is 11. The second-order valence-corrected chi connectivity index (χ2v) is 27.4. The first-order valence-electron chi connectivity index (χ1n) is 35.1. The summed E-state index contributed by atoms with van der Waals surface area (Å²) in [5.74, 6) is -24.2. The van der Waals surface area contributed by atoms with E-state index >= 15 is 19.2 Å². The number of alkyl halides is 6. The molecule has 1 saturated heterocycles. The number of hydrogen-bond acceptors (Lipinski definition) is 22.